The van der Waals surface area contributed by atoms with Crippen LogP contribution in [0.3, 0.4) is 0 Å². The lowest BCUT2D eigenvalue weighted by Gasteiger charge is -2.33. The molecule has 0 aliphatic heterocycles. The van der Waals surface area contributed by atoms with Gasteiger partial charge in [0.05, 0.1) is 22.0 Å². The zero-order chi connectivity index (χ0) is 31.0. The second-order valence-electron chi connectivity index (χ2n) is 11.1. The molecule has 0 aliphatic carbocycles. The maximum Gasteiger partial charge on any atom is 0.244 e. The lowest BCUT2D eigenvalue weighted by molar-refractivity contribution is -0.140. The molecule has 0 saturated carbocycles. The number of hydrogen-bond donors (Lipinski definition) is 1. The Morgan fingerprint density at radius 3 is 2.05 bits per heavy atom. The van der Waals surface area contributed by atoms with Crippen molar-refractivity contribution in [1.29, 1.82) is 0 Å². The third kappa shape index (κ3) is 9.48. The molecule has 3 aromatic rings. The van der Waals surface area contributed by atoms with E-state index in [1.54, 1.807) is 30.3 Å². The predicted molar refractivity (Wildman–Crippen MR) is 172 cm³/mol. The molecule has 0 aromatic heterocycles. The summed E-state index contributed by atoms with van der Waals surface area (Å²) in [5.74, 6) is -0.398. The normalized spacial score (nSPS) is 12.3. The van der Waals surface area contributed by atoms with E-state index in [4.69, 9.17) is 23.2 Å². The van der Waals surface area contributed by atoms with Crippen LogP contribution in [0.5, 0.6) is 0 Å². The Labute approximate surface area is 259 Å². The van der Waals surface area contributed by atoms with Gasteiger partial charge in [-0.1, -0.05) is 99.4 Å². The molecule has 2 amide bonds. The molecule has 42 heavy (non-hydrogen) atoms. The van der Waals surface area contributed by atoms with E-state index < -0.39 is 28.5 Å². The lowest BCUT2D eigenvalue weighted by Crippen LogP contribution is -2.53. The van der Waals surface area contributed by atoms with Crippen LogP contribution in [-0.4, -0.2) is 50.5 Å². The molecule has 3 aromatic carbocycles. The molecule has 1 N–H and O–H groups in total. The Hall–Kier alpha value is -3.07. The van der Waals surface area contributed by atoms with Gasteiger partial charge in [0.2, 0.25) is 21.8 Å². The number of nitrogens with one attached hydrogen (secondary N) is 1. The van der Waals surface area contributed by atoms with Crippen molar-refractivity contribution in [2.45, 2.75) is 52.6 Å². The van der Waals surface area contributed by atoms with Crippen LogP contribution in [0.1, 0.15) is 50.3 Å². The first-order valence-electron chi connectivity index (χ1n) is 13.9. The topological polar surface area (TPSA) is 86.8 Å². The Morgan fingerprint density at radius 1 is 0.857 bits per heavy atom. The van der Waals surface area contributed by atoms with Crippen molar-refractivity contribution >= 4 is 50.7 Å². The molecule has 3 rings (SSSR count). The van der Waals surface area contributed by atoms with Gasteiger partial charge in [-0.2, -0.15) is 0 Å². The second kappa shape index (κ2) is 14.9. The fourth-order valence-corrected chi connectivity index (χ4v) is 5.62. The minimum Gasteiger partial charge on any atom is -0.354 e. The minimum atomic E-state index is -3.84. The highest BCUT2D eigenvalue weighted by Crippen LogP contribution is 2.26. The number of amides is 2. The zero-order valence-electron chi connectivity index (χ0n) is 24.7. The molecule has 0 saturated heterocycles. The number of hydrogen-bond acceptors (Lipinski definition) is 4. The smallest absolute Gasteiger partial charge is 0.244 e. The van der Waals surface area contributed by atoms with Gasteiger partial charge < -0.3 is 10.2 Å². The summed E-state index contributed by atoms with van der Waals surface area (Å²) in [6, 6.07) is 20.6. The van der Waals surface area contributed by atoms with Crippen LogP contribution in [0, 0.1) is 5.92 Å². The Kier molecular flexibility index (Phi) is 11.9. The van der Waals surface area contributed by atoms with E-state index in [2.05, 4.69) is 5.32 Å². The van der Waals surface area contributed by atoms with Crippen molar-refractivity contribution in [1.82, 2.24) is 10.2 Å². The first kappa shape index (κ1) is 33.4. The third-order valence-electron chi connectivity index (χ3n) is 6.82. The van der Waals surface area contributed by atoms with E-state index in [1.807, 2.05) is 70.2 Å². The molecule has 0 spiro atoms. The van der Waals surface area contributed by atoms with Crippen molar-refractivity contribution in [3.05, 3.63) is 99.5 Å². The number of carbonyl (C=O) groups excluding carboxylic acids is 2. The Bertz CT molecular complexity index is 1460. The van der Waals surface area contributed by atoms with Crippen LogP contribution in [0.25, 0.3) is 0 Å². The maximum absolute atomic E-state index is 14.2. The average molecular weight is 633 g/mol. The van der Waals surface area contributed by atoms with Crippen LogP contribution in [-0.2, 0) is 32.6 Å². The van der Waals surface area contributed by atoms with Crippen molar-refractivity contribution in [2.24, 2.45) is 5.92 Å². The van der Waals surface area contributed by atoms with E-state index in [0.29, 0.717) is 27.8 Å². The largest absolute Gasteiger partial charge is 0.354 e. The van der Waals surface area contributed by atoms with Gasteiger partial charge in [-0.25, -0.2) is 8.42 Å². The molecule has 0 fully saturated rings. The van der Waals surface area contributed by atoms with E-state index in [-0.39, 0.29) is 30.7 Å². The van der Waals surface area contributed by atoms with Gasteiger partial charge in [0, 0.05) is 19.5 Å². The molecule has 226 valence electrons. The molecule has 0 aliphatic rings. The molecule has 7 nitrogen and oxygen atoms in total. The number of rotatable bonds is 13. The van der Waals surface area contributed by atoms with Gasteiger partial charge in [0.1, 0.15) is 12.6 Å². The summed E-state index contributed by atoms with van der Waals surface area (Å²) in [6.45, 7) is 8.03. The summed E-state index contributed by atoms with van der Waals surface area (Å²) in [5.41, 5.74) is 2.93. The van der Waals surface area contributed by atoms with Gasteiger partial charge in [0.15, 0.2) is 0 Å². The Morgan fingerprint density at radius 2 is 1.50 bits per heavy atom. The first-order chi connectivity index (χ1) is 19.8. The number of benzene rings is 3. The van der Waals surface area contributed by atoms with E-state index >= 15 is 0 Å². The minimum absolute atomic E-state index is 0.0200. The number of sulfonamides is 1. The summed E-state index contributed by atoms with van der Waals surface area (Å²) in [5, 5.41) is 3.64. The molecule has 10 heteroatoms. The summed E-state index contributed by atoms with van der Waals surface area (Å²) in [4.78, 5) is 29.3. The van der Waals surface area contributed by atoms with Crippen molar-refractivity contribution in [3.8, 4) is 0 Å². The number of carbonyl (C=O) groups is 2. The van der Waals surface area contributed by atoms with E-state index in [1.165, 1.54) is 4.90 Å². The standard InChI is InChI=1S/C32H39Cl2N3O4S/c1-22(2)19-35-32(39)30(18-24-9-7-6-8-10-24)36(20-25-11-16-28(33)29(34)17-25)31(38)21-37(42(5,40)41)27-14-12-26(13-15-27)23(3)4/h6-17,22-23,30H,18-21H2,1-5H3,(H,35,39). The highest BCUT2D eigenvalue weighted by Gasteiger charge is 2.33. The quantitative estimate of drug-likeness (QED) is 0.240. The van der Waals surface area contributed by atoms with Crippen LogP contribution < -0.4 is 9.62 Å². The van der Waals surface area contributed by atoms with Crippen LogP contribution in [0.2, 0.25) is 10.0 Å². The predicted octanol–water partition coefficient (Wildman–Crippen LogP) is 6.30. The van der Waals surface area contributed by atoms with Crippen molar-refractivity contribution in [3.63, 3.8) is 0 Å². The van der Waals surface area contributed by atoms with Gasteiger partial charge >= 0.3 is 0 Å². The third-order valence-corrected chi connectivity index (χ3v) is 8.70. The van der Waals surface area contributed by atoms with Crippen molar-refractivity contribution < 1.29 is 18.0 Å². The fraction of sp³-hybridized carbons (Fsp3) is 0.375. The van der Waals surface area contributed by atoms with Crippen LogP contribution in [0.15, 0.2) is 72.8 Å². The molecule has 1 atom stereocenters. The van der Waals surface area contributed by atoms with Gasteiger partial charge in [-0.15, -0.1) is 0 Å². The monoisotopic (exact) mass is 631 g/mol. The summed E-state index contributed by atoms with van der Waals surface area (Å²) in [7, 11) is -3.84. The number of anilines is 1. The highest BCUT2D eigenvalue weighted by molar-refractivity contribution is 7.92. The number of halogens is 2. The van der Waals surface area contributed by atoms with E-state index in [0.717, 1.165) is 21.7 Å². The zero-order valence-corrected chi connectivity index (χ0v) is 27.0. The first-order valence-corrected chi connectivity index (χ1v) is 16.5. The summed E-state index contributed by atoms with van der Waals surface area (Å²) >= 11 is 12.4. The lowest BCUT2D eigenvalue weighted by atomic mass is 10.0. The van der Waals surface area contributed by atoms with Gasteiger partial charge in [-0.05, 0) is 52.8 Å². The molecular weight excluding hydrogens is 593 g/mol. The molecule has 0 bridgehead atoms. The highest BCUT2D eigenvalue weighted by atomic mass is 35.5. The van der Waals surface area contributed by atoms with Gasteiger partial charge in [0.25, 0.3) is 0 Å². The molecule has 0 radical (unpaired) electrons. The second-order valence-corrected chi connectivity index (χ2v) is 13.9. The Balaban J connectivity index is 2.06. The van der Waals surface area contributed by atoms with Crippen LogP contribution >= 0.6 is 23.2 Å². The number of nitrogens with zero attached hydrogens (tertiary/aromatic N) is 2. The summed E-state index contributed by atoms with van der Waals surface area (Å²) < 4.78 is 27.0. The summed E-state index contributed by atoms with van der Waals surface area (Å²) in [6.07, 6.45) is 1.30. The SMILES string of the molecule is CC(C)CNC(=O)C(Cc1ccccc1)N(Cc1ccc(Cl)c(Cl)c1)C(=O)CN(c1ccc(C(C)C)cc1)S(C)(=O)=O. The molecule has 1 unspecified atom stereocenters. The average Bonchev–Trinajstić information content (AvgIpc) is 2.94. The van der Waals surface area contributed by atoms with Crippen molar-refractivity contribution in [2.75, 3.05) is 23.7 Å². The van der Waals surface area contributed by atoms with E-state index in [9.17, 15) is 18.0 Å². The molecule has 0 heterocycles. The maximum atomic E-state index is 14.2. The van der Waals surface area contributed by atoms with Gasteiger partial charge in [-0.3, -0.25) is 13.9 Å². The molecular formula is C32H39Cl2N3O4S. The van der Waals surface area contributed by atoms with Crippen LogP contribution in [0.4, 0.5) is 5.69 Å². The fourth-order valence-electron chi connectivity index (χ4n) is 4.45.